The van der Waals surface area contributed by atoms with Gasteiger partial charge in [0.2, 0.25) is 0 Å². The van der Waals surface area contributed by atoms with Crippen molar-refractivity contribution in [2.24, 2.45) is 0 Å². The molecule has 0 saturated carbocycles. The summed E-state index contributed by atoms with van der Waals surface area (Å²) < 4.78 is 2.11. The maximum absolute atomic E-state index is 8.97. The first-order valence-corrected chi connectivity index (χ1v) is 3.06. The largest absolute Gasteiger partial charge is 0.373 e. The van der Waals surface area contributed by atoms with Gasteiger partial charge in [-0.15, -0.1) is 0 Å². The molecule has 1 rings (SSSR count). The van der Waals surface area contributed by atoms with Crippen molar-refractivity contribution < 1.29 is 5.11 Å². The summed E-state index contributed by atoms with van der Waals surface area (Å²) in [6, 6.07) is 0. The minimum Gasteiger partial charge on any atom is -0.373 e. The molecule has 1 aromatic rings. The van der Waals surface area contributed by atoms with Crippen molar-refractivity contribution in [3.05, 3.63) is 17.2 Å². The van der Waals surface area contributed by atoms with Crippen LogP contribution < -0.4 is 0 Å². The summed E-state index contributed by atoms with van der Waals surface area (Å²) in [6.07, 6.45) is 2.85. The third-order valence-electron chi connectivity index (χ3n) is 1.08. The van der Waals surface area contributed by atoms with E-state index < -0.39 is 6.23 Å². The molecule has 1 atom stereocenters. The Labute approximate surface area is 58.0 Å². The topological polar surface area (TPSA) is 41.0 Å². The van der Waals surface area contributed by atoms with Crippen molar-refractivity contribution in [2.75, 3.05) is 0 Å². The number of aliphatic hydroxyl groups is 1. The molecule has 0 aromatic carbocycles. The number of aromatic nitrogens is 2. The average Bonchev–Trinajstić information content (AvgIpc) is 2.13. The second kappa shape index (κ2) is 2.33. The third kappa shape index (κ3) is 1.20. The van der Waals surface area contributed by atoms with Crippen LogP contribution in [0.25, 0.3) is 0 Å². The van der Waals surface area contributed by atoms with Crippen LogP contribution in [0.2, 0.25) is 0 Å². The Morgan fingerprint density at radius 3 is 2.78 bits per heavy atom. The molecule has 2 N–H and O–H groups in total. The molecule has 0 aliphatic carbocycles. The van der Waals surface area contributed by atoms with E-state index in [1.807, 2.05) is 0 Å². The smallest absolute Gasteiger partial charge is 0.179 e. The van der Waals surface area contributed by atoms with E-state index in [9.17, 15) is 0 Å². The molecule has 4 heteroatoms. The number of hydrogen-bond acceptors (Lipinski definition) is 2. The van der Waals surface area contributed by atoms with Crippen LogP contribution in [0, 0.1) is 4.77 Å². The highest BCUT2D eigenvalue weighted by atomic mass is 32.1. The molecule has 1 heterocycles. The number of aromatic amines is 1. The molecule has 0 aliphatic rings. The summed E-state index contributed by atoms with van der Waals surface area (Å²) in [7, 11) is 0. The standard InChI is InChI=1S/C5H8N2OS/c1-4(8)7-3-2-6-5(7)9/h2-4,8H,1H3,(H,6,9). The molecule has 9 heavy (non-hydrogen) atoms. The summed E-state index contributed by atoms with van der Waals surface area (Å²) in [5.41, 5.74) is 0. The van der Waals surface area contributed by atoms with Gasteiger partial charge in [-0.05, 0) is 19.1 Å². The van der Waals surface area contributed by atoms with Gasteiger partial charge in [0, 0.05) is 12.4 Å². The van der Waals surface area contributed by atoms with Crippen LogP contribution in [0.15, 0.2) is 12.4 Å². The second-order valence-electron chi connectivity index (χ2n) is 1.80. The van der Waals surface area contributed by atoms with E-state index in [-0.39, 0.29) is 0 Å². The van der Waals surface area contributed by atoms with Crippen LogP contribution in [-0.2, 0) is 0 Å². The van der Waals surface area contributed by atoms with E-state index in [0.29, 0.717) is 4.77 Å². The summed E-state index contributed by atoms with van der Waals surface area (Å²) in [6.45, 7) is 1.66. The molecule has 0 spiro atoms. The normalized spacial score (nSPS) is 13.6. The van der Waals surface area contributed by atoms with E-state index in [1.54, 1.807) is 23.9 Å². The monoisotopic (exact) mass is 144 g/mol. The van der Waals surface area contributed by atoms with Crippen molar-refractivity contribution in [2.45, 2.75) is 13.2 Å². The van der Waals surface area contributed by atoms with Crippen molar-refractivity contribution in [3.63, 3.8) is 0 Å². The minimum absolute atomic E-state index is 0.538. The van der Waals surface area contributed by atoms with Crippen LogP contribution >= 0.6 is 12.2 Å². The molecule has 0 bridgehead atoms. The van der Waals surface area contributed by atoms with Crippen LogP contribution in [0.4, 0.5) is 0 Å². The van der Waals surface area contributed by atoms with Crippen LogP contribution in [0.3, 0.4) is 0 Å². The van der Waals surface area contributed by atoms with E-state index >= 15 is 0 Å². The number of imidazole rings is 1. The highest BCUT2D eigenvalue weighted by Crippen LogP contribution is 1.99. The van der Waals surface area contributed by atoms with E-state index in [2.05, 4.69) is 4.98 Å². The molecule has 1 unspecified atom stereocenters. The summed E-state index contributed by atoms with van der Waals surface area (Å²) in [5, 5.41) is 8.97. The van der Waals surface area contributed by atoms with Gasteiger partial charge in [0.05, 0.1) is 0 Å². The number of H-pyrrole nitrogens is 1. The van der Waals surface area contributed by atoms with Crippen LogP contribution in [0.5, 0.6) is 0 Å². The Bertz CT molecular complexity index is 237. The number of nitrogens with one attached hydrogen (secondary N) is 1. The number of rotatable bonds is 1. The molecule has 0 amide bonds. The first-order valence-electron chi connectivity index (χ1n) is 2.65. The molecule has 1 aromatic heterocycles. The SMILES string of the molecule is CC(O)n1cc[nH]c1=S. The lowest BCUT2D eigenvalue weighted by atomic mass is 10.6. The molecular formula is C5H8N2OS. The highest BCUT2D eigenvalue weighted by Gasteiger charge is 1.96. The van der Waals surface area contributed by atoms with Gasteiger partial charge in [-0.1, -0.05) is 0 Å². The zero-order chi connectivity index (χ0) is 6.85. The van der Waals surface area contributed by atoms with Crippen molar-refractivity contribution in [1.82, 2.24) is 9.55 Å². The van der Waals surface area contributed by atoms with Gasteiger partial charge in [-0.3, -0.25) is 4.57 Å². The summed E-state index contributed by atoms with van der Waals surface area (Å²) in [5.74, 6) is 0. The molecule has 0 saturated heterocycles. The van der Waals surface area contributed by atoms with Crippen LogP contribution in [0.1, 0.15) is 13.2 Å². The van der Waals surface area contributed by atoms with Gasteiger partial charge < -0.3 is 10.1 Å². The lowest BCUT2D eigenvalue weighted by molar-refractivity contribution is 0.123. The second-order valence-corrected chi connectivity index (χ2v) is 2.19. The minimum atomic E-state index is -0.538. The number of hydrogen-bond donors (Lipinski definition) is 2. The third-order valence-corrected chi connectivity index (χ3v) is 1.41. The summed E-state index contributed by atoms with van der Waals surface area (Å²) in [4.78, 5) is 2.77. The zero-order valence-corrected chi connectivity index (χ0v) is 5.85. The van der Waals surface area contributed by atoms with Crippen molar-refractivity contribution >= 4 is 12.2 Å². The maximum atomic E-state index is 8.97. The van der Waals surface area contributed by atoms with Crippen molar-refractivity contribution in [1.29, 1.82) is 0 Å². The van der Waals surface area contributed by atoms with Crippen LogP contribution in [-0.4, -0.2) is 14.7 Å². The molecule has 0 radical (unpaired) electrons. The Balaban J connectivity index is 3.08. The fourth-order valence-electron chi connectivity index (χ4n) is 0.625. The van der Waals surface area contributed by atoms with Gasteiger partial charge in [-0.25, -0.2) is 0 Å². The van der Waals surface area contributed by atoms with E-state index in [1.165, 1.54) is 0 Å². The molecular weight excluding hydrogens is 136 g/mol. The Hall–Kier alpha value is -0.610. The van der Waals surface area contributed by atoms with Gasteiger partial charge >= 0.3 is 0 Å². The lowest BCUT2D eigenvalue weighted by Gasteiger charge is -2.02. The lowest BCUT2D eigenvalue weighted by Crippen LogP contribution is -2.01. The van der Waals surface area contributed by atoms with Crippen molar-refractivity contribution in [3.8, 4) is 0 Å². The molecule has 3 nitrogen and oxygen atoms in total. The molecule has 50 valence electrons. The number of aliphatic hydroxyl groups excluding tert-OH is 1. The fraction of sp³-hybridized carbons (Fsp3) is 0.400. The maximum Gasteiger partial charge on any atom is 0.179 e. The van der Waals surface area contributed by atoms with Gasteiger partial charge in [0.25, 0.3) is 0 Å². The Morgan fingerprint density at radius 1 is 1.89 bits per heavy atom. The van der Waals surface area contributed by atoms with Gasteiger partial charge in [0.1, 0.15) is 6.23 Å². The fourth-order valence-corrected chi connectivity index (χ4v) is 0.907. The Kier molecular flexibility index (Phi) is 1.68. The highest BCUT2D eigenvalue weighted by molar-refractivity contribution is 7.71. The molecule has 0 aliphatic heterocycles. The van der Waals surface area contributed by atoms with E-state index in [4.69, 9.17) is 17.3 Å². The van der Waals surface area contributed by atoms with Gasteiger partial charge in [0.15, 0.2) is 4.77 Å². The predicted molar refractivity (Wildman–Crippen MR) is 36.5 cm³/mol. The number of nitrogens with zero attached hydrogens (tertiary/aromatic N) is 1. The molecule has 0 fully saturated rings. The first kappa shape index (κ1) is 6.51. The summed E-state index contributed by atoms with van der Waals surface area (Å²) >= 11 is 4.81. The van der Waals surface area contributed by atoms with E-state index in [0.717, 1.165) is 0 Å². The Morgan fingerprint density at radius 2 is 2.56 bits per heavy atom. The average molecular weight is 144 g/mol. The zero-order valence-electron chi connectivity index (χ0n) is 5.03. The quantitative estimate of drug-likeness (QED) is 0.578. The first-order chi connectivity index (χ1) is 4.22. The van der Waals surface area contributed by atoms with Gasteiger partial charge in [-0.2, -0.15) is 0 Å². The predicted octanol–water partition coefficient (Wildman–Crippen LogP) is 1.06.